The van der Waals surface area contributed by atoms with Gasteiger partial charge in [0.15, 0.2) is 0 Å². The molecule has 74 valence electrons. The molecule has 0 aromatic heterocycles. The van der Waals surface area contributed by atoms with Gasteiger partial charge in [0, 0.05) is 0 Å². The molecule has 0 rings (SSSR count). The third-order valence-corrected chi connectivity index (χ3v) is 7.73. The summed E-state index contributed by atoms with van der Waals surface area (Å²) in [4.78, 5) is 0. The Morgan fingerprint density at radius 2 is 1.77 bits per heavy atom. The summed E-state index contributed by atoms with van der Waals surface area (Å²) in [7, 11) is -1.48. The van der Waals surface area contributed by atoms with Crippen LogP contribution in [0.1, 0.15) is 27.7 Å². The van der Waals surface area contributed by atoms with Gasteiger partial charge in [-0.3, -0.25) is 0 Å². The quantitative estimate of drug-likeness (QED) is 0.624. The van der Waals surface area contributed by atoms with Crippen molar-refractivity contribution in [1.29, 1.82) is 0 Å². The molecule has 0 aromatic rings. The van der Waals surface area contributed by atoms with E-state index in [1.165, 1.54) is 5.09 Å². The zero-order valence-corrected chi connectivity index (χ0v) is 11.4. The molecule has 0 aliphatic rings. The zero-order valence-electron chi connectivity index (χ0n) is 10.4. The topological polar surface area (TPSA) is 9.23 Å². The van der Waals surface area contributed by atoms with Gasteiger partial charge < -0.3 is 0 Å². The summed E-state index contributed by atoms with van der Waals surface area (Å²) >= 11 is 2.22. The Bertz CT molecular complexity index is 151. The van der Waals surface area contributed by atoms with Crippen LogP contribution < -0.4 is 0 Å². The molecule has 0 aliphatic carbocycles. The molecule has 1 nitrogen and oxygen atoms in total. The molecule has 0 N–H and O–H groups in total. The van der Waals surface area contributed by atoms with Crippen molar-refractivity contribution in [2.24, 2.45) is 5.92 Å². The van der Waals surface area contributed by atoms with Crippen LogP contribution in [0.25, 0.3) is 0 Å². The maximum absolute atomic E-state index is 6.09. The van der Waals surface area contributed by atoms with Crippen LogP contribution in [0.15, 0.2) is 0 Å². The molecule has 0 spiro atoms. The molecule has 13 heavy (non-hydrogen) atoms. The van der Waals surface area contributed by atoms with Gasteiger partial charge in [0.1, 0.15) is 0 Å². The molecule has 0 heterocycles. The second-order valence-electron chi connectivity index (χ2n) is 5.58. The Morgan fingerprint density at radius 1 is 1.31 bits per heavy atom. The SMILES string of the molecule is [Li][CH2]C(C)CO[Si](C)(C)C(C)(C)C. The average molecular weight is 194 g/mol. The summed E-state index contributed by atoms with van der Waals surface area (Å²) in [6.07, 6.45) is 0. The van der Waals surface area contributed by atoms with E-state index in [-0.39, 0.29) is 0 Å². The first kappa shape index (κ1) is 13.8. The summed E-state index contributed by atoms with van der Waals surface area (Å²) in [5.41, 5.74) is 0. The van der Waals surface area contributed by atoms with Crippen molar-refractivity contribution in [3.05, 3.63) is 0 Å². The van der Waals surface area contributed by atoms with Crippen LogP contribution in [-0.2, 0) is 4.43 Å². The van der Waals surface area contributed by atoms with Crippen LogP contribution in [0.4, 0.5) is 0 Å². The molecular weight excluding hydrogens is 171 g/mol. The van der Waals surface area contributed by atoms with Crippen LogP contribution in [0.2, 0.25) is 23.2 Å². The molecule has 0 amide bonds. The van der Waals surface area contributed by atoms with Gasteiger partial charge >= 0.3 is 93.9 Å². The van der Waals surface area contributed by atoms with E-state index in [1.54, 1.807) is 0 Å². The predicted molar refractivity (Wildman–Crippen MR) is 62.9 cm³/mol. The second kappa shape index (κ2) is 5.02. The summed E-state index contributed by atoms with van der Waals surface area (Å²) < 4.78 is 6.09. The van der Waals surface area contributed by atoms with E-state index in [9.17, 15) is 0 Å². The van der Waals surface area contributed by atoms with E-state index in [1.807, 2.05) is 0 Å². The standard InChI is InChI=1S/C10H23OSi.Li/c1-9(2)8-11-12(6,7)10(3,4)5;/h9H,1,8H2,2-7H3;. The molecule has 0 saturated carbocycles. The molecule has 0 aromatic carbocycles. The summed E-state index contributed by atoms with van der Waals surface area (Å²) in [5, 5.41) is 1.56. The van der Waals surface area contributed by atoms with Gasteiger partial charge in [-0.25, -0.2) is 0 Å². The Hall–Kier alpha value is 0.774. The van der Waals surface area contributed by atoms with Gasteiger partial charge in [-0.1, -0.05) is 0 Å². The third-order valence-electron chi connectivity index (χ3n) is 3.23. The predicted octanol–water partition coefficient (Wildman–Crippen LogP) is 3.23. The molecule has 3 heteroatoms. The Labute approximate surface area is 94.0 Å². The van der Waals surface area contributed by atoms with Gasteiger partial charge in [0.25, 0.3) is 0 Å². The normalized spacial score (nSPS) is 16.0. The van der Waals surface area contributed by atoms with Crippen molar-refractivity contribution in [1.82, 2.24) is 0 Å². The summed E-state index contributed by atoms with van der Waals surface area (Å²) in [6.45, 7) is 14.7. The molecule has 1 atom stereocenters. The van der Waals surface area contributed by atoms with Crippen molar-refractivity contribution >= 4 is 26.0 Å². The Kier molecular flexibility index (Phi) is 5.32. The first-order valence-electron chi connectivity index (χ1n) is 5.34. The molecule has 1 unspecified atom stereocenters. The van der Waals surface area contributed by atoms with Crippen molar-refractivity contribution < 1.29 is 4.43 Å². The van der Waals surface area contributed by atoms with Crippen molar-refractivity contribution in [3.63, 3.8) is 0 Å². The van der Waals surface area contributed by atoms with Gasteiger partial charge in [-0.05, 0) is 0 Å². The fraction of sp³-hybridized carbons (Fsp3) is 1.00. The molecule has 0 bridgehead atoms. The Balaban J connectivity index is 4.04. The number of hydrogen-bond donors (Lipinski definition) is 0. The minimum atomic E-state index is -1.48. The van der Waals surface area contributed by atoms with Crippen LogP contribution in [0, 0.1) is 5.92 Å². The first-order valence-corrected chi connectivity index (χ1v) is 8.25. The van der Waals surface area contributed by atoms with E-state index in [4.69, 9.17) is 4.43 Å². The monoisotopic (exact) mass is 194 g/mol. The zero-order chi connectivity index (χ0) is 10.7. The van der Waals surface area contributed by atoms with Crippen molar-refractivity contribution in [2.45, 2.75) is 50.9 Å². The van der Waals surface area contributed by atoms with Gasteiger partial charge in [-0.2, -0.15) is 0 Å². The summed E-state index contributed by atoms with van der Waals surface area (Å²) in [5.74, 6) is 0.703. The molecule has 0 fully saturated rings. The molecular formula is C10H23LiOSi. The van der Waals surface area contributed by atoms with E-state index in [0.29, 0.717) is 11.0 Å². The van der Waals surface area contributed by atoms with E-state index < -0.39 is 8.32 Å². The van der Waals surface area contributed by atoms with Crippen molar-refractivity contribution in [2.75, 3.05) is 6.61 Å². The second-order valence-corrected chi connectivity index (χ2v) is 10.4. The van der Waals surface area contributed by atoms with Crippen LogP contribution in [-0.4, -0.2) is 32.6 Å². The average Bonchev–Trinajstić information content (AvgIpc) is 1.98. The van der Waals surface area contributed by atoms with Crippen LogP contribution in [0.3, 0.4) is 0 Å². The minimum absolute atomic E-state index is 0.348. The van der Waals surface area contributed by atoms with E-state index in [0.717, 1.165) is 6.61 Å². The molecule has 0 aliphatic heterocycles. The Morgan fingerprint density at radius 3 is 2.08 bits per heavy atom. The van der Waals surface area contributed by atoms with E-state index >= 15 is 0 Å². The fourth-order valence-electron chi connectivity index (χ4n) is 0.685. The van der Waals surface area contributed by atoms with Gasteiger partial charge in [-0.15, -0.1) is 0 Å². The van der Waals surface area contributed by atoms with E-state index in [2.05, 4.69) is 58.5 Å². The summed E-state index contributed by atoms with van der Waals surface area (Å²) in [6, 6.07) is 0. The molecule has 0 saturated heterocycles. The van der Waals surface area contributed by atoms with Gasteiger partial charge in [0.2, 0.25) is 0 Å². The molecule has 0 radical (unpaired) electrons. The maximum atomic E-state index is 6.09. The van der Waals surface area contributed by atoms with Crippen LogP contribution >= 0.6 is 0 Å². The van der Waals surface area contributed by atoms with Crippen molar-refractivity contribution in [3.8, 4) is 0 Å². The van der Waals surface area contributed by atoms with Gasteiger partial charge in [0.05, 0.1) is 0 Å². The third kappa shape index (κ3) is 4.69. The number of rotatable bonds is 4. The van der Waals surface area contributed by atoms with Crippen LogP contribution in [0.5, 0.6) is 0 Å². The fourth-order valence-corrected chi connectivity index (χ4v) is 1.82. The first-order chi connectivity index (χ1) is 5.70. The number of hydrogen-bond acceptors (Lipinski definition) is 1.